The summed E-state index contributed by atoms with van der Waals surface area (Å²) in [6.45, 7) is 1.80. The summed E-state index contributed by atoms with van der Waals surface area (Å²) >= 11 is 0. The molecular formula is C16H16N2O3. The van der Waals surface area contributed by atoms with Crippen LogP contribution in [0.2, 0.25) is 0 Å². The number of phenols is 1. The highest BCUT2D eigenvalue weighted by Gasteiger charge is 2.05. The fraction of sp³-hybridized carbons (Fsp3) is 0.125. The van der Waals surface area contributed by atoms with Crippen LogP contribution in [0, 0.1) is 0 Å². The number of rotatable bonds is 4. The van der Waals surface area contributed by atoms with Crippen LogP contribution in [0.15, 0.2) is 53.6 Å². The van der Waals surface area contributed by atoms with Crippen molar-refractivity contribution < 1.29 is 14.6 Å². The molecule has 0 bridgehead atoms. The minimum atomic E-state index is -0.331. The van der Waals surface area contributed by atoms with Crippen LogP contribution >= 0.6 is 0 Å². The van der Waals surface area contributed by atoms with Gasteiger partial charge in [-0.05, 0) is 61.0 Å². The molecule has 0 aliphatic rings. The molecule has 0 aliphatic carbocycles. The van der Waals surface area contributed by atoms with Crippen molar-refractivity contribution in [2.45, 2.75) is 6.92 Å². The van der Waals surface area contributed by atoms with E-state index in [1.165, 1.54) is 24.3 Å². The van der Waals surface area contributed by atoms with Gasteiger partial charge < -0.3 is 9.84 Å². The number of hydrazone groups is 1. The van der Waals surface area contributed by atoms with E-state index in [1.807, 2.05) is 24.3 Å². The van der Waals surface area contributed by atoms with Gasteiger partial charge in [-0.3, -0.25) is 4.79 Å². The zero-order valence-corrected chi connectivity index (χ0v) is 11.8. The van der Waals surface area contributed by atoms with Crippen molar-refractivity contribution in [3.05, 3.63) is 59.7 Å². The largest absolute Gasteiger partial charge is 0.508 e. The van der Waals surface area contributed by atoms with Crippen LogP contribution in [-0.2, 0) is 0 Å². The van der Waals surface area contributed by atoms with E-state index >= 15 is 0 Å². The van der Waals surface area contributed by atoms with Crippen LogP contribution in [0.25, 0.3) is 0 Å². The van der Waals surface area contributed by atoms with Gasteiger partial charge in [-0.25, -0.2) is 5.43 Å². The second-order valence-corrected chi connectivity index (χ2v) is 4.41. The quantitative estimate of drug-likeness (QED) is 0.669. The lowest BCUT2D eigenvalue weighted by molar-refractivity contribution is 0.0955. The summed E-state index contributed by atoms with van der Waals surface area (Å²) in [4.78, 5) is 11.9. The monoisotopic (exact) mass is 284 g/mol. The van der Waals surface area contributed by atoms with Gasteiger partial charge in [0.1, 0.15) is 11.5 Å². The number of nitrogens with zero attached hydrogens (tertiary/aromatic N) is 1. The Bertz CT molecular complexity index is 646. The molecule has 21 heavy (non-hydrogen) atoms. The van der Waals surface area contributed by atoms with Crippen LogP contribution in [0.1, 0.15) is 22.8 Å². The molecule has 0 aromatic heterocycles. The second kappa shape index (κ2) is 6.56. The molecule has 0 atom stereocenters. The summed E-state index contributed by atoms with van der Waals surface area (Å²) in [5.41, 5.74) is 4.49. The van der Waals surface area contributed by atoms with Crippen molar-refractivity contribution in [3.8, 4) is 11.5 Å². The molecule has 0 saturated heterocycles. The molecule has 2 aromatic rings. The molecule has 1 amide bonds. The van der Waals surface area contributed by atoms with Crippen molar-refractivity contribution in [2.75, 3.05) is 7.11 Å². The van der Waals surface area contributed by atoms with Crippen molar-refractivity contribution in [2.24, 2.45) is 5.10 Å². The van der Waals surface area contributed by atoms with Gasteiger partial charge in [-0.15, -0.1) is 0 Å². The van der Waals surface area contributed by atoms with E-state index in [2.05, 4.69) is 10.5 Å². The van der Waals surface area contributed by atoms with Gasteiger partial charge in [0.25, 0.3) is 5.91 Å². The molecule has 0 heterocycles. The molecule has 2 aromatic carbocycles. The second-order valence-electron chi connectivity index (χ2n) is 4.41. The third-order valence-electron chi connectivity index (χ3n) is 2.96. The number of nitrogens with one attached hydrogen (secondary N) is 1. The Hall–Kier alpha value is -2.82. The number of carbonyl (C=O) groups is 1. The Kier molecular flexibility index (Phi) is 4.56. The van der Waals surface area contributed by atoms with Crippen LogP contribution in [0.5, 0.6) is 11.5 Å². The van der Waals surface area contributed by atoms with Crippen LogP contribution < -0.4 is 10.2 Å². The first-order chi connectivity index (χ1) is 10.1. The summed E-state index contributed by atoms with van der Waals surface area (Å²) in [6, 6.07) is 13.4. The highest BCUT2D eigenvalue weighted by molar-refractivity contribution is 6.00. The first-order valence-electron chi connectivity index (χ1n) is 6.38. The van der Waals surface area contributed by atoms with Gasteiger partial charge in [0, 0.05) is 5.56 Å². The summed E-state index contributed by atoms with van der Waals surface area (Å²) in [5, 5.41) is 13.2. The van der Waals surface area contributed by atoms with Crippen LogP contribution in [0.3, 0.4) is 0 Å². The number of amides is 1. The number of hydrogen-bond donors (Lipinski definition) is 2. The normalized spacial score (nSPS) is 11.0. The Morgan fingerprint density at radius 3 is 2.19 bits per heavy atom. The molecule has 2 N–H and O–H groups in total. The average Bonchev–Trinajstić information content (AvgIpc) is 2.53. The Labute approximate surface area is 122 Å². The first-order valence-corrected chi connectivity index (χ1v) is 6.38. The fourth-order valence-electron chi connectivity index (χ4n) is 1.71. The number of hydrogen-bond acceptors (Lipinski definition) is 4. The standard InChI is InChI=1S/C16H16N2O3/c1-11(12-5-9-15(21-2)10-6-12)17-18-16(20)13-3-7-14(19)8-4-13/h3-10,19H,1-2H3,(H,18,20)/b17-11+. The van der Waals surface area contributed by atoms with Gasteiger partial charge in [0.15, 0.2) is 0 Å². The molecule has 0 unspecified atom stereocenters. The van der Waals surface area contributed by atoms with Crippen LogP contribution in [0.4, 0.5) is 0 Å². The molecular weight excluding hydrogens is 268 g/mol. The van der Waals surface area contributed by atoms with Gasteiger partial charge in [-0.1, -0.05) is 0 Å². The van der Waals surface area contributed by atoms with Crippen molar-refractivity contribution in [3.63, 3.8) is 0 Å². The maximum atomic E-state index is 11.9. The first kappa shape index (κ1) is 14.6. The third-order valence-corrected chi connectivity index (χ3v) is 2.96. The minimum Gasteiger partial charge on any atom is -0.508 e. The van der Waals surface area contributed by atoms with Crippen molar-refractivity contribution in [1.29, 1.82) is 0 Å². The molecule has 5 nitrogen and oxygen atoms in total. The molecule has 0 spiro atoms. The van der Waals surface area contributed by atoms with E-state index in [9.17, 15) is 9.90 Å². The molecule has 0 radical (unpaired) electrons. The van der Waals surface area contributed by atoms with Crippen molar-refractivity contribution in [1.82, 2.24) is 5.43 Å². The van der Waals surface area contributed by atoms with E-state index in [0.717, 1.165) is 11.3 Å². The third kappa shape index (κ3) is 3.82. The van der Waals surface area contributed by atoms with Crippen LogP contribution in [-0.4, -0.2) is 23.8 Å². The van der Waals surface area contributed by atoms with Gasteiger partial charge in [0.2, 0.25) is 0 Å². The number of ether oxygens (including phenoxy) is 1. The van der Waals surface area contributed by atoms with E-state index in [1.54, 1.807) is 14.0 Å². The summed E-state index contributed by atoms with van der Waals surface area (Å²) in [7, 11) is 1.60. The fourth-order valence-corrected chi connectivity index (χ4v) is 1.71. The number of methoxy groups -OCH3 is 1. The SMILES string of the molecule is COc1ccc(/C(C)=N/NC(=O)c2ccc(O)cc2)cc1. The number of carbonyl (C=O) groups excluding carboxylic acids is 1. The number of aromatic hydroxyl groups is 1. The molecule has 108 valence electrons. The average molecular weight is 284 g/mol. The number of phenolic OH excluding ortho intramolecular Hbond substituents is 1. The van der Waals surface area contributed by atoms with Gasteiger partial charge >= 0.3 is 0 Å². The number of benzene rings is 2. The predicted octanol–water partition coefficient (Wildman–Crippen LogP) is 2.55. The zero-order valence-electron chi connectivity index (χ0n) is 11.8. The van der Waals surface area contributed by atoms with E-state index in [4.69, 9.17) is 4.74 Å². The summed E-state index contributed by atoms with van der Waals surface area (Å²) in [6.07, 6.45) is 0. The molecule has 0 saturated carbocycles. The summed E-state index contributed by atoms with van der Waals surface area (Å²) in [5.74, 6) is 0.548. The maximum absolute atomic E-state index is 11.9. The molecule has 2 rings (SSSR count). The lowest BCUT2D eigenvalue weighted by Gasteiger charge is -2.04. The highest BCUT2D eigenvalue weighted by atomic mass is 16.5. The van der Waals surface area contributed by atoms with E-state index in [-0.39, 0.29) is 11.7 Å². The predicted molar refractivity (Wildman–Crippen MR) is 80.8 cm³/mol. The maximum Gasteiger partial charge on any atom is 0.271 e. The van der Waals surface area contributed by atoms with Gasteiger partial charge in [-0.2, -0.15) is 5.10 Å². The highest BCUT2D eigenvalue weighted by Crippen LogP contribution is 2.12. The Morgan fingerprint density at radius 2 is 1.62 bits per heavy atom. The van der Waals surface area contributed by atoms with E-state index < -0.39 is 0 Å². The Balaban J connectivity index is 2.05. The van der Waals surface area contributed by atoms with Gasteiger partial charge in [0.05, 0.1) is 12.8 Å². The summed E-state index contributed by atoms with van der Waals surface area (Å²) < 4.78 is 5.08. The van der Waals surface area contributed by atoms with Crippen molar-refractivity contribution >= 4 is 11.6 Å². The smallest absolute Gasteiger partial charge is 0.271 e. The molecule has 0 aliphatic heterocycles. The zero-order chi connectivity index (χ0) is 15.2. The molecule has 0 fully saturated rings. The van der Waals surface area contributed by atoms with E-state index in [0.29, 0.717) is 11.3 Å². The lowest BCUT2D eigenvalue weighted by Crippen LogP contribution is -2.19. The Morgan fingerprint density at radius 1 is 1.05 bits per heavy atom. The molecule has 5 heteroatoms. The lowest BCUT2D eigenvalue weighted by atomic mass is 10.1. The minimum absolute atomic E-state index is 0.115. The topological polar surface area (TPSA) is 70.9 Å².